The summed E-state index contributed by atoms with van der Waals surface area (Å²) in [6.45, 7) is 3.15. The first-order valence-electron chi connectivity index (χ1n) is 10.3. The molecule has 3 heterocycles. The number of piperidine rings is 1. The molecule has 0 aliphatic carbocycles. The lowest BCUT2D eigenvalue weighted by molar-refractivity contribution is -0.141. The van der Waals surface area contributed by atoms with Crippen LogP contribution in [0.4, 0.5) is 0 Å². The molecule has 1 N–H and O–H groups in total. The second kappa shape index (κ2) is 8.22. The van der Waals surface area contributed by atoms with E-state index in [-0.39, 0.29) is 12.5 Å². The van der Waals surface area contributed by atoms with Gasteiger partial charge in [0.25, 0.3) is 5.56 Å². The van der Waals surface area contributed by atoms with Crippen LogP contribution in [0.2, 0.25) is 0 Å². The first kappa shape index (κ1) is 21.2. The molecule has 1 saturated heterocycles. The topological polar surface area (TPSA) is 103 Å². The van der Waals surface area contributed by atoms with E-state index in [2.05, 4.69) is 4.98 Å². The Morgan fingerprint density at radius 1 is 1.16 bits per heavy atom. The molecule has 1 aromatic heterocycles. The molecule has 2 aromatic rings. The first-order chi connectivity index (χ1) is 14.9. The lowest BCUT2D eigenvalue weighted by Gasteiger charge is -2.45. The lowest BCUT2D eigenvalue weighted by atomic mass is 9.79. The fourth-order valence-electron chi connectivity index (χ4n) is 4.50. The van der Waals surface area contributed by atoms with E-state index in [4.69, 9.17) is 14.2 Å². The van der Waals surface area contributed by atoms with Crippen LogP contribution in [0.3, 0.4) is 0 Å². The van der Waals surface area contributed by atoms with E-state index in [0.29, 0.717) is 49.6 Å². The molecule has 1 amide bonds. The van der Waals surface area contributed by atoms with Gasteiger partial charge in [-0.05, 0) is 49.4 Å². The van der Waals surface area contributed by atoms with Gasteiger partial charge in [0.2, 0.25) is 5.91 Å². The van der Waals surface area contributed by atoms with Crippen LogP contribution >= 0.6 is 0 Å². The molecule has 0 unspecified atom stereocenters. The van der Waals surface area contributed by atoms with Crippen molar-refractivity contribution in [1.29, 1.82) is 0 Å². The van der Waals surface area contributed by atoms with Gasteiger partial charge in [-0.3, -0.25) is 19.1 Å². The zero-order valence-electron chi connectivity index (χ0n) is 18.0. The maximum absolute atomic E-state index is 12.8. The molecule has 9 nitrogen and oxygen atoms in total. The number of amides is 1. The SMILES string of the molecule is COc1cc2c(cc1OC)C1(CCN(C(=O)Cn3cc(C)c(=O)[nH]c3=O)CC1)OCC2. The number of hydrogen-bond donors (Lipinski definition) is 1. The number of carbonyl (C=O) groups excluding carboxylic acids is 1. The summed E-state index contributed by atoms with van der Waals surface area (Å²) in [5.74, 6) is 1.21. The Morgan fingerprint density at radius 3 is 2.52 bits per heavy atom. The highest BCUT2D eigenvalue weighted by Crippen LogP contribution is 2.45. The summed E-state index contributed by atoms with van der Waals surface area (Å²) in [7, 11) is 3.24. The molecule has 31 heavy (non-hydrogen) atoms. The molecule has 4 rings (SSSR count). The third-order valence-electron chi connectivity index (χ3n) is 6.27. The number of benzene rings is 1. The number of nitrogens with zero attached hydrogens (tertiary/aromatic N) is 2. The third-order valence-corrected chi connectivity index (χ3v) is 6.27. The molecule has 9 heteroatoms. The summed E-state index contributed by atoms with van der Waals surface area (Å²) in [6.07, 6.45) is 3.53. The number of hydrogen-bond acceptors (Lipinski definition) is 6. The highest BCUT2D eigenvalue weighted by atomic mass is 16.5. The Balaban J connectivity index is 1.51. The predicted molar refractivity (Wildman–Crippen MR) is 113 cm³/mol. The van der Waals surface area contributed by atoms with Crippen LogP contribution < -0.4 is 20.7 Å². The number of likely N-dealkylation sites (tertiary alicyclic amines) is 1. The Kier molecular flexibility index (Phi) is 5.62. The molecule has 1 aromatic carbocycles. The normalized spacial score (nSPS) is 17.3. The molecule has 0 atom stereocenters. The summed E-state index contributed by atoms with van der Waals surface area (Å²) >= 11 is 0. The zero-order chi connectivity index (χ0) is 22.2. The molecular weight excluding hydrogens is 402 g/mol. The highest BCUT2D eigenvalue weighted by Gasteiger charge is 2.42. The fourth-order valence-corrected chi connectivity index (χ4v) is 4.50. The molecular formula is C22H27N3O6. The Hall–Kier alpha value is -3.07. The van der Waals surface area contributed by atoms with E-state index < -0.39 is 16.9 Å². The Morgan fingerprint density at radius 2 is 1.84 bits per heavy atom. The molecule has 1 fully saturated rings. The van der Waals surface area contributed by atoms with Crippen molar-refractivity contribution in [2.24, 2.45) is 0 Å². The minimum Gasteiger partial charge on any atom is -0.493 e. The minimum atomic E-state index is -0.581. The molecule has 0 bridgehead atoms. The number of nitrogens with one attached hydrogen (secondary N) is 1. The minimum absolute atomic E-state index is 0.105. The Bertz CT molecular complexity index is 1110. The molecule has 2 aliphatic heterocycles. The summed E-state index contributed by atoms with van der Waals surface area (Å²) in [4.78, 5) is 40.3. The number of aromatic amines is 1. The van der Waals surface area contributed by atoms with Crippen molar-refractivity contribution < 1.29 is 19.0 Å². The van der Waals surface area contributed by atoms with Gasteiger partial charge in [-0.15, -0.1) is 0 Å². The van der Waals surface area contributed by atoms with Crippen LogP contribution in [0.1, 0.15) is 29.5 Å². The quantitative estimate of drug-likeness (QED) is 0.777. The number of ether oxygens (including phenoxy) is 3. The Labute approximate surface area is 179 Å². The van der Waals surface area contributed by atoms with Gasteiger partial charge >= 0.3 is 5.69 Å². The predicted octanol–water partition coefficient (Wildman–Crippen LogP) is 0.953. The van der Waals surface area contributed by atoms with Gasteiger partial charge in [0.15, 0.2) is 11.5 Å². The van der Waals surface area contributed by atoms with Crippen molar-refractivity contribution in [2.75, 3.05) is 33.9 Å². The fraction of sp³-hybridized carbons (Fsp3) is 0.500. The van der Waals surface area contributed by atoms with Gasteiger partial charge in [-0.25, -0.2) is 4.79 Å². The smallest absolute Gasteiger partial charge is 0.328 e. The van der Waals surface area contributed by atoms with Crippen LogP contribution in [0.15, 0.2) is 27.9 Å². The van der Waals surface area contributed by atoms with Crippen LogP contribution in [-0.4, -0.2) is 54.3 Å². The second-order valence-corrected chi connectivity index (χ2v) is 8.04. The largest absolute Gasteiger partial charge is 0.493 e. The van der Waals surface area contributed by atoms with E-state index in [0.717, 1.165) is 12.0 Å². The van der Waals surface area contributed by atoms with Crippen LogP contribution in [0.5, 0.6) is 11.5 Å². The van der Waals surface area contributed by atoms with Crippen molar-refractivity contribution in [3.8, 4) is 11.5 Å². The summed E-state index contributed by atoms with van der Waals surface area (Å²) < 4.78 is 18.4. The monoisotopic (exact) mass is 429 g/mol. The van der Waals surface area contributed by atoms with E-state index >= 15 is 0 Å². The van der Waals surface area contributed by atoms with Crippen molar-refractivity contribution in [3.63, 3.8) is 0 Å². The zero-order valence-corrected chi connectivity index (χ0v) is 18.0. The second-order valence-electron chi connectivity index (χ2n) is 8.04. The van der Waals surface area contributed by atoms with Gasteiger partial charge in [0.05, 0.1) is 26.4 Å². The van der Waals surface area contributed by atoms with Crippen LogP contribution in [-0.2, 0) is 28.1 Å². The molecule has 0 saturated carbocycles. The standard InChI is InChI=1S/C22H27N3O6/c1-14-12-25(21(28)23-20(14)27)13-19(26)24-7-5-22(6-8-24)16-11-18(30-3)17(29-2)10-15(16)4-9-31-22/h10-12H,4-9,13H2,1-3H3,(H,23,27,28). The van der Waals surface area contributed by atoms with Gasteiger partial charge < -0.3 is 19.1 Å². The maximum Gasteiger partial charge on any atom is 0.328 e. The molecule has 2 aliphatic rings. The molecule has 1 spiro atoms. The highest BCUT2D eigenvalue weighted by molar-refractivity contribution is 5.76. The van der Waals surface area contributed by atoms with E-state index in [1.807, 2.05) is 12.1 Å². The molecule has 166 valence electrons. The molecule has 0 radical (unpaired) electrons. The summed E-state index contributed by atoms with van der Waals surface area (Å²) in [5.41, 5.74) is 1.18. The third kappa shape index (κ3) is 3.85. The number of aryl methyl sites for hydroxylation is 1. The maximum atomic E-state index is 12.8. The van der Waals surface area contributed by atoms with Gasteiger partial charge in [0.1, 0.15) is 6.54 Å². The summed E-state index contributed by atoms with van der Waals surface area (Å²) in [5, 5.41) is 0. The number of aromatic nitrogens is 2. The van der Waals surface area contributed by atoms with Crippen molar-refractivity contribution >= 4 is 5.91 Å². The number of fused-ring (bicyclic) bond motifs is 2. The average Bonchev–Trinajstić information content (AvgIpc) is 2.77. The van der Waals surface area contributed by atoms with Gasteiger partial charge in [0, 0.05) is 24.8 Å². The van der Waals surface area contributed by atoms with Crippen molar-refractivity contribution in [3.05, 3.63) is 55.9 Å². The number of rotatable bonds is 4. The van der Waals surface area contributed by atoms with E-state index in [9.17, 15) is 14.4 Å². The van der Waals surface area contributed by atoms with Gasteiger partial charge in [-0.1, -0.05) is 0 Å². The number of H-pyrrole nitrogens is 1. The van der Waals surface area contributed by atoms with Crippen LogP contribution in [0.25, 0.3) is 0 Å². The van der Waals surface area contributed by atoms with Crippen molar-refractivity contribution in [1.82, 2.24) is 14.5 Å². The van der Waals surface area contributed by atoms with E-state index in [1.165, 1.54) is 16.3 Å². The average molecular weight is 429 g/mol. The number of methoxy groups -OCH3 is 2. The first-order valence-corrected chi connectivity index (χ1v) is 10.3. The van der Waals surface area contributed by atoms with E-state index in [1.54, 1.807) is 26.0 Å². The van der Waals surface area contributed by atoms with Gasteiger partial charge in [-0.2, -0.15) is 0 Å². The summed E-state index contributed by atoms with van der Waals surface area (Å²) in [6, 6.07) is 4.01. The van der Waals surface area contributed by atoms with Crippen molar-refractivity contribution in [2.45, 2.75) is 38.3 Å². The van der Waals surface area contributed by atoms with Crippen LogP contribution in [0, 0.1) is 6.92 Å². The number of carbonyl (C=O) groups is 1. The lowest BCUT2D eigenvalue weighted by Crippen LogP contribution is -2.49.